The standard InChI is InChI=1S/C32H34ClF2N3O10S.Na/c1-17(39)38-26-24(47-31(45)36-11-9-18-10-12-49-16-18)13-32(30(43)44,46-15-20-3-2-4-22(34)25(20)35)48-28(26)27(41)23(40)14-37-29(42)19-5-7-21(33)8-6-19;/h2-8,10,12,16,23-24,26-28,40-41H,9,11,13-15H2,1H3,(H,36,45)(H,37,42)(H,38,39)(H,43,44);/q;+1/p-1/t23-,24+,26-,27-,28-,32-;/m1./s1. The van der Waals surface area contributed by atoms with Gasteiger partial charge in [0.15, 0.2) is 11.6 Å². The van der Waals surface area contributed by atoms with E-state index in [0.717, 1.165) is 24.6 Å². The number of carbonyl (C=O) groups is 3. The van der Waals surface area contributed by atoms with E-state index in [1.165, 1.54) is 41.7 Å². The Morgan fingerprint density at radius 1 is 1.16 bits per heavy atom. The molecule has 0 radical (unpaired) electrons. The Labute approximate surface area is 316 Å². The third-order valence-electron chi connectivity index (χ3n) is 7.49. The second-order valence-electron chi connectivity index (χ2n) is 11.0. The predicted molar refractivity (Wildman–Crippen MR) is 170 cm³/mol. The van der Waals surface area contributed by atoms with Gasteiger partial charge in [0.1, 0.15) is 24.4 Å². The number of nitrogens with one attached hydrogen (secondary N) is 2. The van der Waals surface area contributed by atoms with Gasteiger partial charge in [0.25, 0.3) is 11.7 Å². The summed E-state index contributed by atoms with van der Waals surface area (Å²) in [5.74, 6) is -8.65. The van der Waals surface area contributed by atoms with Gasteiger partial charge in [-0.2, -0.15) is 11.3 Å². The van der Waals surface area contributed by atoms with Gasteiger partial charge < -0.3 is 45.3 Å². The molecule has 0 bridgehead atoms. The summed E-state index contributed by atoms with van der Waals surface area (Å²) in [6.07, 6.45) is -8.93. The van der Waals surface area contributed by atoms with Crippen molar-refractivity contribution in [2.45, 2.75) is 62.6 Å². The van der Waals surface area contributed by atoms with Gasteiger partial charge >= 0.3 is 41.6 Å². The van der Waals surface area contributed by atoms with E-state index < -0.39 is 91.3 Å². The molecule has 0 unspecified atom stereocenters. The quantitative estimate of drug-likeness (QED) is 0.0807. The van der Waals surface area contributed by atoms with Gasteiger partial charge in [-0.25, -0.2) is 18.4 Å². The number of aliphatic hydroxyl groups is 2. The Hall–Kier alpha value is -3.19. The summed E-state index contributed by atoms with van der Waals surface area (Å²) in [6, 6.07) is 9.17. The molecular weight excluding hydrogens is 715 g/mol. The fourth-order valence-corrected chi connectivity index (χ4v) is 5.82. The van der Waals surface area contributed by atoms with Crippen LogP contribution in [0.1, 0.15) is 34.8 Å². The molecule has 4 rings (SSSR count). The van der Waals surface area contributed by atoms with E-state index >= 15 is 0 Å². The fraction of sp³-hybridized carbons (Fsp3) is 0.375. The monoisotopic (exact) mass is 747 g/mol. The van der Waals surface area contributed by atoms with Crippen molar-refractivity contribution in [3.05, 3.63) is 92.6 Å². The molecule has 18 heteroatoms. The zero-order valence-corrected chi connectivity index (χ0v) is 30.5. The summed E-state index contributed by atoms with van der Waals surface area (Å²) in [6.45, 7) is -0.289. The van der Waals surface area contributed by atoms with Crippen molar-refractivity contribution in [3.63, 3.8) is 0 Å². The van der Waals surface area contributed by atoms with Gasteiger partial charge in [-0.15, -0.1) is 0 Å². The Morgan fingerprint density at radius 3 is 2.52 bits per heavy atom. The van der Waals surface area contributed by atoms with Crippen molar-refractivity contribution in [1.82, 2.24) is 10.6 Å². The van der Waals surface area contributed by atoms with Gasteiger partial charge in [-0.1, -0.05) is 23.7 Å². The number of alkyl carbamates (subject to hydrolysis) is 1. The topological polar surface area (TPSA) is 199 Å². The molecule has 13 nitrogen and oxygen atoms in total. The number of nitrogens with zero attached hydrogens (tertiary/aromatic N) is 1. The molecule has 0 spiro atoms. The number of carboxylic acid groups (broad SMARTS) is 1. The Morgan fingerprint density at radius 2 is 1.88 bits per heavy atom. The molecule has 264 valence electrons. The van der Waals surface area contributed by atoms with Crippen LogP contribution >= 0.6 is 22.9 Å². The molecule has 1 saturated heterocycles. The number of aliphatic carboxylic acids is 1. The van der Waals surface area contributed by atoms with Crippen LogP contribution in [-0.4, -0.2) is 88.5 Å². The number of amides is 2. The van der Waals surface area contributed by atoms with E-state index in [1.807, 2.05) is 16.8 Å². The van der Waals surface area contributed by atoms with Gasteiger partial charge in [0.05, 0.1) is 19.1 Å². The van der Waals surface area contributed by atoms with Crippen molar-refractivity contribution in [2.24, 2.45) is 4.99 Å². The van der Waals surface area contributed by atoms with Crippen molar-refractivity contribution >= 4 is 46.8 Å². The van der Waals surface area contributed by atoms with Gasteiger partial charge in [-0.3, -0.25) is 9.79 Å². The van der Waals surface area contributed by atoms with Crippen molar-refractivity contribution in [2.75, 3.05) is 13.1 Å². The first kappa shape index (κ1) is 41.2. The molecule has 2 aromatic carbocycles. The Bertz CT molecular complexity index is 1630. The number of carbonyl (C=O) groups excluding carboxylic acids is 2. The zero-order valence-electron chi connectivity index (χ0n) is 26.9. The van der Waals surface area contributed by atoms with Crippen molar-refractivity contribution < 1.29 is 87.4 Å². The van der Waals surface area contributed by atoms with E-state index in [4.69, 9.17) is 25.8 Å². The van der Waals surface area contributed by atoms with E-state index in [9.17, 15) is 43.6 Å². The molecule has 5 N–H and O–H groups in total. The molecule has 1 aliphatic heterocycles. The van der Waals surface area contributed by atoms with Crippen LogP contribution in [0.15, 0.2) is 64.3 Å². The van der Waals surface area contributed by atoms with Gasteiger partial charge in [-0.05, 0) is 72.0 Å². The average molecular weight is 748 g/mol. The third kappa shape index (κ3) is 10.9. The summed E-state index contributed by atoms with van der Waals surface area (Å²) in [4.78, 5) is 42.2. The van der Waals surface area contributed by atoms with Crippen LogP contribution in [0.25, 0.3) is 0 Å². The van der Waals surface area contributed by atoms with Crippen LogP contribution in [0, 0.1) is 11.6 Å². The number of aliphatic imine (C=N–C) groups is 1. The first-order chi connectivity index (χ1) is 23.3. The Kier molecular flexibility index (Phi) is 15.6. The number of ether oxygens (including phenoxy) is 3. The molecular formula is C32H33ClF2N3NaO10S. The number of hydrogen-bond acceptors (Lipinski definition) is 11. The van der Waals surface area contributed by atoms with Crippen LogP contribution in [0.5, 0.6) is 0 Å². The van der Waals surface area contributed by atoms with Crippen LogP contribution in [0.2, 0.25) is 5.02 Å². The maximum atomic E-state index is 14.5. The molecule has 1 aromatic heterocycles. The van der Waals surface area contributed by atoms with E-state index in [-0.39, 0.29) is 47.2 Å². The van der Waals surface area contributed by atoms with Crippen LogP contribution in [-0.2, 0) is 32.0 Å². The summed E-state index contributed by atoms with van der Waals surface area (Å²) < 4.78 is 45.2. The normalized spacial score (nSPS) is 21.7. The fourth-order valence-electron chi connectivity index (χ4n) is 4.99. The minimum Gasteiger partial charge on any atom is -0.862 e. The first-order valence-electron chi connectivity index (χ1n) is 14.8. The minimum absolute atomic E-state index is 0. The maximum Gasteiger partial charge on any atom is 1.00 e. The summed E-state index contributed by atoms with van der Waals surface area (Å²) in [5.41, 5.74) is 0.722. The van der Waals surface area contributed by atoms with E-state index in [2.05, 4.69) is 15.6 Å². The number of hydrogen-bond donors (Lipinski definition) is 5. The number of halogens is 3. The number of benzene rings is 2. The molecule has 1 aliphatic rings. The first-order valence-corrected chi connectivity index (χ1v) is 16.2. The zero-order chi connectivity index (χ0) is 35.7. The molecule has 2 heterocycles. The molecule has 3 aromatic rings. The third-order valence-corrected chi connectivity index (χ3v) is 8.48. The van der Waals surface area contributed by atoms with Crippen LogP contribution in [0.4, 0.5) is 13.6 Å². The Balaban J connectivity index is 0.00000676. The molecule has 0 saturated carbocycles. The maximum absolute atomic E-state index is 14.5. The summed E-state index contributed by atoms with van der Waals surface area (Å²) in [5, 5.41) is 53.8. The SMILES string of the molecule is CC([O-])=N[C@H]1[C@H]([C@H](O)[C@H](O)CNC(=O)c2ccc(Cl)cc2)O[C@@](OCc2cccc(F)c2F)(C(=O)O)C[C@@H]1OC(=O)NCCc1ccsc1.[Na+]. The molecule has 2 amide bonds. The van der Waals surface area contributed by atoms with Crippen molar-refractivity contribution in [1.29, 1.82) is 0 Å². The van der Waals surface area contributed by atoms with Crippen LogP contribution in [0.3, 0.4) is 0 Å². The van der Waals surface area contributed by atoms with Gasteiger partial charge in [0, 0.05) is 29.2 Å². The smallest absolute Gasteiger partial charge is 0.862 e. The minimum atomic E-state index is -2.80. The largest absolute Gasteiger partial charge is 1.00 e. The second kappa shape index (κ2) is 18.9. The summed E-state index contributed by atoms with van der Waals surface area (Å²) >= 11 is 7.31. The van der Waals surface area contributed by atoms with Gasteiger partial charge in [0.2, 0.25) is 0 Å². The average Bonchev–Trinajstić information content (AvgIpc) is 3.58. The number of aliphatic hydroxyl groups excluding tert-OH is 2. The molecule has 6 atom stereocenters. The number of carboxylic acids is 1. The van der Waals surface area contributed by atoms with Crippen molar-refractivity contribution in [3.8, 4) is 0 Å². The molecule has 50 heavy (non-hydrogen) atoms. The molecule has 0 aliphatic carbocycles. The van der Waals surface area contributed by atoms with E-state index in [1.54, 1.807) is 0 Å². The van der Waals surface area contributed by atoms with Crippen LogP contribution < -0.4 is 45.3 Å². The number of thiophene rings is 1. The number of rotatable bonds is 14. The summed E-state index contributed by atoms with van der Waals surface area (Å²) in [7, 11) is 0. The molecule has 1 fully saturated rings. The second-order valence-corrected chi connectivity index (χ2v) is 12.2. The predicted octanol–water partition coefficient (Wildman–Crippen LogP) is -0.593. The van der Waals surface area contributed by atoms with E-state index in [0.29, 0.717) is 11.4 Å².